The quantitative estimate of drug-likeness (QED) is 0.670. The third-order valence-corrected chi connectivity index (χ3v) is 3.58. The zero-order valence-corrected chi connectivity index (χ0v) is 14.4. The first-order chi connectivity index (χ1) is 12.6. The highest BCUT2D eigenvalue weighted by Crippen LogP contribution is 2.32. The normalized spacial score (nSPS) is 11.4. The van der Waals surface area contributed by atoms with Crippen LogP contribution in [-0.4, -0.2) is 12.7 Å². The minimum atomic E-state index is -4.61. The van der Waals surface area contributed by atoms with Gasteiger partial charge in [-0.25, -0.2) is 4.79 Å². The molecule has 0 atom stereocenters. The molecule has 1 N–H and O–H groups in total. The van der Waals surface area contributed by atoms with Crippen molar-refractivity contribution >= 4 is 11.8 Å². The zero-order valence-electron chi connectivity index (χ0n) is 14.4. The molecule has 4 nitrogen and oxygen atoms in total. The van der Waals surface area contributed by atoms with Crippen molar-refractivity contribution in [3.05, 3.63) is 58.7 Å². The van der Waals surface area contributed by atoms with Crippen molar-refractivity contribution < 1.29 is 36.2 Å². The molecule has 0 unspecified atom stereocenters. The third-order valence-electron chi connectivity index (χ3n) is 3.58. The zero-order chi connectivity index (χ0) is 20.2. The summed E-state index contributed by atoms with van der Waals surface area (Å²) in [7, 11) is 0. The maximum Gasteiger partial charge on any atom is 0.416 e. The van der Waals surface area contributed by atoms with Gasteiger partial charge in [-0.3, -0.25) is 5.32 Å². The Morgan fingerprint density at radius 2 is 1.81 bits per heavy atom. The van der Waals surface area contributed by atoms with E-state index in [2.05, 4.69) is 4.74 Å². The number of amides is 1. The number of alkyl halides is 5. The fourth-order valence-corrected chi connectivity index (χ4v) is 2.35. The van der Waals surface area contributed by atoms with Gasteiger partial charge in [0.25, 0.3) is 0 Å². The first kappa shape index (κ1) is 20.5. The molecule has 1 amide bonds. The van der Waals surface area contributed by atoms with E-state index in [9.17, 15) is 26.7 Å². The number of aryl methyl sites for hydroxylation is 2. The number of rotatable bonds is 5. The molecule has 27 heavy (non-hydrogen) atoms. The average Bonchev–Trinajstić information content (AvgIpc) is 2.53. The Labute approximate surface area is 151 Å². The Kier molecular flexibility index (Phi) is 6.24. The molecule has 0 radical (unpaired) electrons. The number of carbonyl (C=O) groups is 1. The molecule has 0 spiro atoms. The number of carbonyl (C=O) groups excluding carboxylic acids is 1. The number of anilines is 1. The lowest BCUT2D eigenvalue weighted by Crippen LogP contribution is -2.18. The summed E-state index contributed by atoms with van der Waals surface area (Å²) in [6.45, 7) is -0.0271. The number of nitrogens with one attached hydrogen (secondary N) is 1. The van der Waals surface area contributed by atoms with Gasteiger partial charge in [-0.2, -0.15) is 22.0 Å². The van der Waals surface area contributed by atoms with Gasteiger partial charge in [0.1, 0.15) is 12.4 Å². The number of hydrogen-bond acceptors (Lipinski definition) is 3. The van der Waals surface area contributed by atoms with Crippen molar-refractivity contribution in [3.63, 3.8) is 0 Å². The third kappa shape index (κ3) is 5.83. The summed E-state index contributed by atoms with van der Waals surface area (Å²) in [5.74, 6) is 0.444. The highest BCUT2D eigenvalue weighted by atomic mass is 19.4. The highest BCUT2D eigenvalue weighted by Gasteiger charge is 2.31. The van der Waals surface area contributed by atoms with Crippen molar-refractivity contribution in [2.75, 3.05) is 5.32 Å². The maximum absolute atomic E-state index is 13.0. The lowest BCUT2D eigenvalue weighted by Gasteiger charge is -2.16. The van der Waals surface area contributed by atoms with Crippen LogP contribution in [0.3, 0.4) is 0 Å². The number of hydrogen-bond donors (Lipinski definition) is 1. The number of benzene rings is 2. The minimum Gasteiger partial charge on any atom is -0.489 e. The van der Waals surface area contributed by atoms with Gasteiger partial charge < -0.3 is 9.47 Å². The largest absolute Gasteiger partial charge is 0.489 e. The van der Waals surface area contributed by atoms with Crippen LogP contribution in [0, 0.1) is 13.8 Å². The Bertz CT molecular complexity index is 821. The van der Waals surface area contributed by atoms with Crippen molar-refractivity contribution in [3.8, 4) is 5.75 Å². The predicted molar refractivity (Wildman–Crippen MR) is 87.8 cm³/mol. The van der Waals surface area contributed by atoms with Gasteiger partial charge in [0.05, 0.1) is 11.3 Å². The molecular weight excluding hydrogens is 373 g/mol. The Balaban J connectivity index is 2.27. The summed E-state index contributed by atoms with van der Waals surface area (Å²) < 4.78 is 72.3. The Morgan fingerprint density at radius 3 is 2.41 bits per heavy atom. The molecule has 146 valence electrons. The molecule has 2 aromatic carbocycles. The summed E-state index contributed by atoms with van der Waals surface area (Å²) in [6, 6.07) is 7.72. The van der Waals surface area contributed by atoms with E-state index in [0.717, 1.165) is 29.3 Å². The molecule has 2 rings (SSSR count). The van der Waals surface area contributed by atoms with Gasteiger partial charge >= 0.3 is 18.9 Å². The van der Waals surface area contributed by atoms with Crippen LogP contribution in [0.2, 0.25) is 0 Å². The van der Waals surface area contributed by atoms with Crippen molar-refractivity contribution in [1.29, 1.82) is 0 Å². The van der Waals surface area contributed by atoms with Crippen LogP contribution < -0.4 is 10.1 Å². The fraction of sp³-hybridized carbons (Fsp3) is 0.278. The highest BCUT2D eigenvalue weighted by molar-refractivity contribution is 5.85. The smallest absolute Gasteiger partial charge is 0.416 e. The molecule has 9 heteroatoms. The molecular formula is C18H16F5NO3. The molecule has 0 aromatic heterocycles. The second-order valence-electron chi connectivity index (χ2n) is 5.72. The molecule has 0 fully saturated rings. The SMILES string of the molecule is Cc1ccc(OCc2cc(C(F)(F)F)ccc2NC(=O)OC(F)F)c(C)c1. The van der Waals surface area contributed by atoms with E-state index >= 15 is 0 Å². The topological polar surface area (TPSA) is 47.6 Å². The Hall–Kier alpha value is -2.84. The van der Waals surface area contributed by atoms with E-state index in [4.69, 9.17) is 4.74 Å². The molecule has 0 bridgehead atoms. The van der Waals surface area contributed by atoms with Crippen molar-refractivity contribution in [1.82, 2.24) is 0 Å². The van der Waals surface area contributed by atoms with Crippen LogP contribution in [0.1, 0.15) is 22.3 Å². The van der Waals surface area contributed by atoms with Gasteiger partial charge in [0, 0.05) is 5.56 Å². The average molecular weight is 389 g/mol. The first-order valence-corrected chi connectivity index (χ1v) is 7.72. The van der Waals surface area contributed by atoms with E-state index in [1.54, 1.807) is 19.1 Å². The minimum absolute atomic E-state index is 0.0454. The van der Waals surface area contributed by atoms with E-state index < -0.39 is 24.4 Å². The van der Waals surface area contributed by atoms with E-state index in [-0.39, 0.29) is 17.9 Å². The summed E-state index contributed by atoms with van der Waals surface area (Å²) in [5.41, 5.74) is 0.619. The second kappa shape index (κ2) is 8.24. The van der Waals surface area contributed by atoms with E-state index in [0.29, 0.717) is 5.75 Å². The van der Waals surface area contributed by atoms with E-state index in [1.165, 1.54) is 0 Å². The van der Waals surface area contributed by atoms with Gasteiger partial charge in [-0.1, -0.05) is 17.7 Å². The second-order valence-corrected chi connectivity index (χ2v) is 5.72. The van der Waals surface area contributed by atoms with Crippen LogP contribution >= 0.6 is 0 Å². The van der Waals surface area contributed by atoms with Crippen LogP contribution in [-0.2, 0) is 17.5 Å². The molecule has 0 aliphatic carbocycles. The van der Waals surface area contributed by atoms with E-state index in [1.807, 2.05) is 18.3 Å². The number of ether oxygens (including phenoxy) is 2. The van der Waals surface area contributed by atoms with Crippen LogP contribution in [0.4, 0.5) is 32.4 Å². The molecule has 0 aliphatic rings. The number of halogens is 5. The van der Waals surface area contributed by atoms with Gasteiger partial charge in [0.15, 0.2) is 0 Å². The van der Waals surface area contributed by atoms with Crippen molar-refractivity contribution in [2.24, 2.45) is 0 Å². The first-order valence-electron chi connectivity index (χ1n) is 7.72. The fourth-order valence-electron chi connectivity index (χ4n) is 2.35. The molecule has 0 aliphatic heterocycles. The van der Waals surface area contributed by atoms with Crippen molar-refractivity contribution in [2.45, 2.75) is 33.2 Å². The van der Waals surface area contributed by atoms with Gasteiger partial charge in [-0.05, 0) is 43.7 Å². The van der Waals surface area contributed by atoms with Crippen LogP contribution in [0.5, 0.6) is 5.75 Å². The molecule has 0 saturated heterocycles. The molecule has 0 heterocycles. The lowest BCUT2D eigenvalue weighted by molar-refractivity contribution is -0.137. The molecule has 2 aromatic rings. The summed E-state index contributed by atoms with van der Waals surface area (Å²) in [5, 5.41) is 1.99. The van der Waals surface area contributed by atoms with Crippen LogP contribution in [0.25, 0.3) is 0 Å². The monoisotopic (exact) mass is 389 g/mol. The van der Waals surface area contributed by atoms with Crippen LogP contribution in [0.15, 0.2) is 36.4 Å². The lowest BCUT2D eigenvalue weighted by atomic mass is 10.1. The molecule has 0 saturated carbocycles. The summed E-state index contributed by atoms with van der Waals surface area (Å²) in [6.07, 6.45) is -6.10. The van der Waals surface area contributed by atoms with Gasteiger partial charge in [0.2, 0.25) is 0 Å². The maximum atomic E-state index is 13.0. The standard InChI is InChI=1S/C18H16F5NO3/c1-10-3-6-15(11(2)7-10)26-9-12-8-13(18(21,22)23)4-5-14(12)24-17(25)27-16(19)20/h3-8,16H,9H2,1-2H3,(H,24,25). The predicted octanol–water partition coefficient (Wildman–Crippen LogP) is 5.67. The van der Waals surface area contributed by atoms with Gasteiger partial charge in [-0.15, -0.1) is 0 Å². The summed E-state index contributed by atoms with van der Waals surface area (Å²) in [4.78, 5) is 11.3. The Morgan fingerprint density at radius 1 is 1.11 bits per heavy atom. The summed E-state index contributed by atoms with van der Waals surface area (Å²) >= 11 is 0.